The normalized spacial score (nSPS) is 23.0. The summed E-state index contributed by atoms with van der Waals surface area (Å²) in [6, 6.07) is 7.03. The van der Waals surface area contributed by atoms with Crippen molar-refractivity contribution in [2.24, 2.45) is 28.0 Å². The van der Waals surface area contributed by atoms with E-state index in [1.165, 1.54) is 60.6 Å². The Kier molecular flexibility index (Phi) is 33.9. The van der Waals surface area contributed by atoms with Crippen molar-refractivity contribution in [1.29, 1.82) is 0 Å². The summed E-state index contributed by atoms with van der Waals surface area (Å²) >= 11 is 0. The first-order valence-corrected chi connectivity index (χ1v) is 37.6. The van der Waals surface area contributed by atoms with E-state index in [9.17, 15) is 87.5 Å². The van der Waals surface area contributed by atoms with Gasteiger partial charge in [0, 0.05) is 0 Å². The van der Waals surface area contributed by atoms with Crippen LogP contribution >= 0.6 is 23.4 Å². The Morgan fingerprint density at radius 3 is 1.21 bits per heavy atom. The van der Waals surface area contributed by atoms with E-state index in [2.05, 4.69) is 38.8 Å². The third-order valence-corrected chi connectivity index (χ3v) is 18.8. The molecule has 7 rings (SSSR count). The summed E-state index contributed by atoms with van der Waals surface area (Å²) in [5.41, 5.74) is 30.1. The van der Waals surface area contributed by atoms with Crippen molar-refractivity contribution in [3.63, 3.8) is 0 Å². The number of rotatable bonds is 33. The highest BCUT2D eigenvalue weighted by Gasteiger charge is 2.50. The molecule has 3 aliphatic heterocycles. The number of esters is 3. The second-order valence-corrected chi connectivity index (χ2v) is 31.2. The Hall–Kier alpha value is -9.07. The van der Waals surface area contributed by atoms with Crippen LogP contribution < -0.4 is 44.0 Å². The van der Waals surface area contributed by atoms with Crippen molar-refractivity contribution >= 4 is 94.9 Å². The molecular formula is C60H92N13O36P3. The standard InChI is InChI=1S/C21H33N4O13P.C20H28N5O9P.C19H31N4O14P/c1-20(2,3)17(29)33-9-35-39(32,38-19(31)37-18(30)21(4,5)6)34-7-10-12(26)13(27)16(36-10)25-8-24-11(14(25)22)15(23)28;1-3-31-20(29)11(2)24-35(30,34-12-7-5-4-6-8-12)32-9-13-15(26)16(27)19(33-13)25-10-23-14(17(25)21)18(22)28;1-9(2)35-18(27)30-7-33-38(29,34-8-31-19(28)36-10(3)4)32-5-11-13(24)14(25)17(37-11)23-6-22-12(15(23)20)16(21)26/h8,10,12-13,16,26-27H,7,9,22H2,1-6H3,(H2,23,28);4-8,10-11,13,15-16,19,26-27H,3,9,21H2,1-2H3,(H2,22,28)(H,24,30);6,9-11,13-14,17,24-25H,5,7-8,20H2,1-4H3,(H2,21,26)/t10-,12-,13-,16-,39?;11-,13+,15+,16+,19+,35?;11-,13-,14-,17-/m101/s1. The zero-order valence-corrected chi connectivity index (χ0v) is 64.8. The molecule has 6 heterocycles. The van der Waals surface area contributed by atoms with Crippen LogP contribution in [0.4, 0.5) is 31.8 Å². The highest BCUT2D eigenvalue weighted by Crippen LogP contribution is 2.52. The molecule has 628 valence electrons. The topological polar surface area (TPSA) is 714 Å². The highest BCUT2D eigenvalue weighted by molar-refractivity contribution is 7.52. The predicted molar refractivity (Wildman–Crippen MR) is 371 cm³/mol. The molecule has 3 amide bonds. The first-order chi connectivity index (χ1) is 52.1. The second kappa shape index (κ2) is 40.6. The number of anilines is 3. The molecule has 3 saturated heterocycles. The maximum atomic E-state index is 13.5. The molecule has 15 atom stereocenters. The number of carbonyl (C=O) groups excluding carboxylic acids is 9. The van der Waals surface area contributed by atoms with Gasteiger partial charge in [0.25, 0.3) is 17.7 Å². The largest absolute Gasteiger partial charge is 0.537 e. The van der Waals surface area contributed by atoms with Gasteiger partial charge in [0.05, 0.1) is 68.4 Å². The predicted octanol–water partition coefficient (Wildman–Crippen LogP) is 0.905. The maximum Gasteiger partial charge on any atom is 0.537 e. The molecule has 0 saturated carbocycles. The van der Waals surface area contributed by atoms with E-state index >= 15 is 0 Å². The summed E-state index contributed by atoms with van der Waals surface area (Å²) in [7, 11) is -13.8. The Labute approximate surface area is 636 Å². The van der Waals surface area contributed by atoms with Gasteiger partial charge >= 0.3 is 59.8 Å². The Balaban J connectivity index is 0.000000301. The van der Waals surface area contributed by atoms with Crippen molar-refractivity contribution in [2.75, 3.05) is 64.0 Å². The third kappa shape index (κ3) is 26.5. The van der Waals surface area contributed by atoms with Gasteiger partial charge in [-0.3, -0.25) is 56.0 Å². The fourth-order valence-electron chi connectivity index (χ4n) is 8.98. The zero-order valence-electron chi connectivity index (χ0n) is 62.1. The number of primary amides is 3. The van der Waals surface area contributed by atoms with Gasteiger partial charge in [-0.1, -0.05) is 18.2 Å². The molecule has 19 N–H and O–H groups in total. The lowest BCUT2D eigenvalue weighted by Crippen LogP contribution is -2.37. The second-order valence-electron chi connectivity index (χ2n) is 26.2. The number of imidazole rings is 3. The van der Waals surface area contributed by atoms with E-state index in [1.54, 1.807) is 52.8 Å². The van der Waals surface area contributed by atoms with Crippen LogP contribution in [0.15, 0.2) is 49.3 Å². The summed E-state index contributed by atoms with van der Waals surface area (Å²) in [6.07, 6.45) is -19.2. The fourth-order valence-corrected chi connectivity index (χ4v) is 12.3. The van der Waals surface area contributed by atoms with E-state index in [4.69, 9.17) is 99.2 Å². The van der Waals surface area contributed by atoms with E-state index in [-0.39, 0.29) is 46.9 Å². The number of para-hydroxylation sites is 1. The van der Waals surface area contributed by atoms with Crippen LogP contribution in [0.2, 0.25) is 0 Å². The number of hydrogen-bond acceptors (Lipinski definition) is 42. The summed E-state index contributed by atoms with van der Waals surface area (Å²) < 4.78 is 133. The van der Waals surface area contributed by atoms with Crippen LogP contribution in [0, 0.1) is 10.8 Å². The Bertz CT molecular complexity index is 4010. The van der Waals surface area contributed by atoms with Crippen LogP contribution in [-0.2, 0) is 107 Å². The van der Waals surface area contributed by atoms with Crippen molar-refractivity contribution in [3.8, 4) is 5.75 Å². The van der Waals surface area contributed by atoms with Gasteiger partial charge in [0.2, 0.25) is 20.4 Å². The lowest BCUT2D eigenvalue weighted by molar-refractivity contribution is -0.160. The van der Waals surface area contributed by atoms with E-state index in [0.29, 0.717) is 0 Å². The molecule has 0 radical (unpaired) electrons. The number of phosphoric ester groups is 2. The summed E-state index contributed by atoms with van der Waals surface area (Å²) in [5.74, 6) is -5.68. The van der Waals surface area contributed by atoms with Crippen molar-refractivity contribution in [2.45, 2.75) is 175 Å². The fraction of sp³-hybridized carbons (Fsp3) is 0.600. The SMILES string of the molecule is CC(C)(C)C(=O)OCOP(=O)(OC[C@H]1O[C@@H](n2cnc(C(N)=O)c2N)[C@H](O)[C@@H]1O)OC(=O)OC(=O)C(C)(C)C.CC(C)OC(=O)OCOP(=O)(OCOC(=O)OC(C)C)OC[C@H]1O[C@@H](n2cnc(C(N)=O)c2N)[C@H](O)[C@@H]1O.CCOC(=O)[C@H](C)NP(=O)(OC[C@H]1O[C@@H](n2cnc(C(N)=O)c2N)[C@H](O)[C@@H]1O)Oc1ccccc1. The number of aromatic nitrogens is 6. The summed E-state index contributed by atoms with van der Waals surface area (Å²) in [6.45, 7) is 13.4. The molecule has 3 fully saturated rings. The van der Waals surface area contributed by atoms with E-state index in [0.717, 1.165) is 32.7 Å². The number of nitrogens with zero attached hydrogens (tertiary/aromatic N) is 6. The number of nitrogens with two attached hydrogens (primary N) is 6. The van der Waals surface area contributed by atoms with Crippen LogP contribution in [-0.4, -0.2) is 233 Å². The quantitative estimate of drug-likeness (QED) is 0.0104. The summed E-state index contributed by atoms with van der Waals surface area (Å²) in [4.78, 5) is 117. The number of amides is 3. The molecule has 0 spiro atoms. The van der Waals surface area contributed by atoms with Gasteiger partial charge in [-0.15, -0.1) is 0 Å². The lowest BCUT2D eigenvalue weighted by atomic mass is 9.97. The van der Waals surface area contributed by atoms with Crippen LogP contribution in [0.5, 0.6) is 5.75 Å². The molecule has 0 bridgehead atoms. The van der Waals surface area contributed by atoms with Crippen molar-refractivity contribution < 1.29 is 171 Å². The lowest BCUT2D eigenvalue weighted by Gasteiger charge is -2.24. The molecular weight excluding hydrogens is 1570 g/mol. The first kappa shape index (κ1) is 93.5. The molecule has 4 aromatic rings. The highest BCUT2D eigenvalue weighted by atomic mass is 31.2. The summed E-state index contributed by atoms with van der Waals surface area (Å²) in [5, 5.41) is 65.1. The zero-order chi connectivity index (χ0) is 84.3. The van der Waals surface area contributed by atoms with Crippen LogP contribution in [0.3, 0.4) is 0 Å². The number of ether oxygens (including phenoxy) is 10. The average Bonchev–Trinajstić information content (AvgIpc) is 1.65. The smallest absolute Gasteiger partial charge is 0.465 e. The van der Waals surface area contributed by atoms with Gasteiger partial charge in [-0.05, 0) is 95.2 Å². The molecule has 112 heavy (non-hydrogen) atoms. The third-order valence-electron chi connectivity index (χ3n) is 14.6. The molecule has 49 nitrogen and oxygen atoms in total. The monoisotopic (exact) mass is 1660 g/mol. The minimum atomic E-state index is -4.98. The number of aliphatic hydroxyl groups is 6. The molecule has 3 aromatic heterocycles. The Morgan fingerprint density at radius 1 is 0.500 bits per heavy atom. The molecule has 52 heteroatoms. The number of hydrogen-bond donors (Lipinski definition) is 13. The number of phosphoric acid groups is 2. The molecule has 1 aromatic carbocycles. The van der Waals surface area contributed by atoms with Gasteiger partial charge in [-0.25, -0.2) is 56.6 Å². The Morgan fingerprint density at radius 2 is 0.857 bits per heavy atom. The van der Waals surface area contributed by atoms with E-state index in [1.807, 2.05) is 0 Å². The number of benzene rings is 1. The van der Waals surface area contributed by atoms with Crippen molar-refractivity contribution in [3.05, 3.63) is 66.4 Å². The van der Waals surface area contributed by atoms with Gasteiger partial charge in [0.15, 0.2) is 35.8 Å². The van der Waals surface area contributed by atoms with Crippen LogP contribution in [0.25, 0.3) is 0 Å². The first-order valence-electron chi connectivity index (χ1n) is 33.1. The number of nitrogens with one attached hydrogen (secondary N) is 1. The molecule has 0 aliphatic carbocycles. The average molecular weight is 1660 g/mol. The van der Waals surface area contributed by atoms with Gasteiger partial charge < -0.3 is 121 Å². The van der Waals surface area contributed by atoms with Gasteiger partial charge in [0.1, 0.15) is 84.2 Å². The minimum Gasteiger partial charge on any atom is -0.465 e. The minimum absolute atomic E-state index is 0.117. The number of nitrogen functional groups attached to an aromatic ring is 3. The van der Waals surface area contributed by atoms with E-state index < -0.39 is 220 Å². The van der Waals surface area contributed by atoms with Crippen LogP contribution in [0.1, 0.15) is 133 Å². The number of carbonyl (C=O) groups is 9. The number of aliphatic hydroxyl groups excluding tert-OH is 6. The van der Waals surface area contributed by atoms with Gasteiger partial charge in [-0.2, -0.15) is 5.09 Å². The molecule has 3 aliphatic rings. The molecule has 2 unspecified atom stereocenters. The van der Waals surface area contributed by atoms with Crippen molar-refractivity contribution in [1.82, 2.24) is 33.7 Å². The maximum absolute atomic E-state index is 13.5.